The van der Waals surface area contributed by atoms with Crippen LogP contribution in [-0.4, -0.2) is 19.3 Å². The van der Waals surface area contributed by atoms with E-state index >= 15 is 0 Å². The lowest BCUT2D eigenvalue weighted by molar-refractivity contribution is 0.0844. The van der Waals surface area contributed by atoms with Crippen LogP contribution in [0.2, 0.25) is 0 Å². The molecule has 72 valence electrons. The summed E-state index contributed by atoms with van der Waals surface area (Å²) in [5, 5.41) is 0. The molecule has 0 aromatic carbocycles. The molecule has 1 fully saturated rings. The number of ether oxygens (including phenoxy) is 1. The first-order chi connectivity index (χ1) is 6.42. The molecule has 2 unspecified atom stereocenters. The highest BCUT2D eigenvalue weighted by Crippen LogP contribution is 2.28. The van der Waals surface area contributed by atoms with Crippen LogP contribution in [-0.2, 0) is 4.74 Å². The molecule has 2 rings (SSSR count). The maximum Gasteiger partial charge on any atom is 0.110 e. The lowest BCUT2D eigenvalue weighted by Gasteiger charge is -2.18. The van der Waals surface area contributed by atoms with Crippen LogP contribution in [0.3, 0.4) is 0 Å². The van der Waals surface area contributed by atoms with Gasteiger partial charge in [-0.25, -0.2) is 0 Å². The summed E-state index contributed by atoms with van der Waals surface area (Å²) in [6, 6.07) is 3.87. The lowest BCUT2D eigenvalue weighted by atomic mass is 9.97. The summed E-state index contributed by atoms with van der Waals surface area (Å²) in [4.78, 5) is 0. The predicted molar refractivity (Wildman–Crippen MR) is 49.5 cm³/mol. The minimum Gasteiger partial charge on any atom is -0.469 e. The van der Waals surface area contributed by atoms with Crippen molar-refractivity contribution in [1.82, 2.24) is 0 Å². The van der Waals surface area contributed by atoms with Gasteiger partial charge in [-0.05, 0) is 25.0 Å². The van der Waals surface area contributed by atoms with Crippen molar-refractivity contribution < 1.29 is 9.15 Å². The van der Waals surface area contributed by atoms with Crippen LogP contribution in [0, 0.1) is 0 Å². The van der Waals surface area contributed by atoms with Gasteiger partial charge in [-0.1, -0.05) is 0 Å². The molecule has 3 heteroatoms. The van der Waals surface area contributed by atoms with Gasteiger partial charge in [-0.15, -0.1) is 0 Å². The van der Waals surface area contributed by atoms with E-state index in [0.717, 1.165) is 25.2 Å². The standard InChI is InChI=1S/C10H15NO2/c11-7-8(9-3-1-5-12-9)10-4-2-6-13-10/h1,3,5,8,10H,2,4,6-7,11H2. The van der Waals surface area contributed by atoms with Crippen molar-refractivity contribution in [2.75, 3.05) is 13.2 Å². The van der Waals surface area contributed by atoms with Gasteiger partial charge in [0.25, 0.3) is 0 Å². The average Bonchev–Trinajstić information content (AvgIpc) is 2.76. The molecule has 0 radical (unpaired) electrons. The molecular weight excluding hydrogens is 166 g/mol. The molecule has 1 aliphatic rings. The molecule has 1 aromatic rings. The van der Waals surface area contributed by atoms with E-state index in [9.17, 15) is 0 Å². The monoisotopic (exact) mass is 181 g/mol. The summed E-state index contributed by atoms with van der Waals surface area (Å²) in [6.07, 6.45) is 4.19. The molecule has 2 atom stereocenters. The lowest BCUT2D eigenvalue weighted by Crippen LogP contribution is -2.24. The molecule has 0 aliphatic carbocycles. The van der Waals surface area contributed by atoms with Gasteiger partial charge in [0, 0.05) is 13.2 Å². The second-order valence-electron chi connectivity index (χ2n) is 3.41. The highest BCUT2D eigenvalue weighted by atomic mass is 16.5. The first kappa shape index (κ1) is 8.78. The van der Waals surface area contributed by atoms with Crippen LogP contribution in [0.1, 0.15) is 24.5 Å². The van der Waals surface area contributed by atoms with E-state index in [4.69, 9.17) is 14.9 Å². The molecular formula is C10H15NO2. The summed E-state index contributed by atoms with van der Waals surface area (Å²) in [7, 11) is 0. The minimum atomic E-state index is 0.234. The molecule has 3 nitrogen and oxygen atoms in total. The van der Waals surface area contributed by atoms with E-state index in [1.807, 2.05) is 12.1 Å². The molecule has 2 heterocycles. The second-order valence-corrected chi connectivity index (χ2v) is 3.41. The largest absolute Gasteiger partial charge is 0.469 e. The Morgan fingerprint density at radius 3 is 3.08 bits per heavy atom. The van der Waals surface area contributed by atoms with Gasteiger partial charge in [-0.3, -0.25) is 0 Å². The first-order valence-electron chi connectivity index (χ1n) is 4.77. The van der Waals surface area contributed by atoms with Gasteiger partial charge >= 0.3 is 0 Å². The summed E-state index contributed by atoms with van der Waals surface area (Å²) in [5.74, 6) is 1.19. The smallest absolute Gasteiger partial charge is 0.110 e. The zero-order chi connectivity index (χ0) is 9.10. The Morgan fingerprint density at radius 1 is 1.62 bits per heavy atom. The maximum atomic E-state index is 5.70. The average molecular weight is 181 g/mol. The predicted octanol–water partition coefficient (Wildman–Crippen LogP) is 1.50. The molecule has 0 saturated carbocycles. The van der Waals surface area contributed by atoms with E-state index in [1.165, 1.54) is 0 Å². The Labute approximate surface area is 77.9 Å². The Kier molecular flexibility index (Phi) is 2.66. The van der Waals surface area contributed by atoms with Crippen LogP contribution >= 0.6 is 0 Å². The fraction of sp³-hybridized carbons (Fsp3) is 0.600. The van der Waals surface area contributed by atoms with E-state index in [2.05, 4.69) is 0 Å². The number of hydrogen-bond acceptors (Lipinski definition) is 3. The van der Waals surface area contributed by atoms with E-state index in [-0.39, 0.29) is 12.0 Å². The number of rotatable bonds is 3. The van der Waals surface area contributed by atoms with Crippen molar-refractivity contribution in [2.24, 2.45) is 5.73 Å². The summed E-state index contributed by atoms with van der Waals surface area (Å²) >= 11 is 0. The zero-order valence-corrected chi connectivity index (χ0v) is 7.61. The van der Waals surface area contributed by atoms with Crippen LogP contribution in [0.25, 0.3) is 0 Å². The molecule has 1 aromatic heterocycles. The van der Waals surface area contributed by atoms with Crippen molar-refractivity contribution in [3.05, 3.63) is 24.2 Å². The third-order valence-corrected chi connectivity index (χ3v) is 2.58. The molecule has 1 saturated heterocycles. The third kappa shape index (κ3) is 1.76. The van der Waals surface area contributed by atoms with Crippen LogP contribution in [0.4, 0.5) is 0 Å². The molecule has 0 amide bonds. The van der Waals surface area contributed by atoms with Crippen molar-refractivity contribution in [2.45, 2.75) is 24.9 Å². The normalized spacial score (nSPS) is 24.8. The molecule has 0 spiro atoms. The summed E-state index contributed by atoms with van der Waals surface area (Å²) < 4.78 is 10.9. The van der Waals surface area contributed by atoms with E-state index in [0.29, 0.717) is 6.54 Å². The SMILES string of the molecule is NCC(c1ccco1)C1CCCO1. The highest BCUT2D eigenvalue weighted by molar-refractivity contribution is 5.08. The van der Waals surface area contributed by atoms with Gasteiger partial charge in [0.15, 0.2) is 0 Å². The van der Waals surface area contributed by atoms with E-state index in [1.54, 1.807) is 6.26 Å². The summed E-state index contributed by atoms with van der Waals surface area (Å²) in [6.45, 7) is 1.46. The minimum absolute atomic E-state index is 0.234. The van der Waals surface area contributed by atoms with Crippen molar-refractivity contribution in [3.63, 3.8) is 0 Å². The molecule has 1 aliphatic heterocycles. The van der Waals surface area contributed by atoms with Crippen LogP contribution in [0.5, 0.6) is 0 Å². The topological polar surface area (TPSA) is 48.4 Å². The van der Waals surface area contributed by atoms with Gasteiger partial charge < -0.3 is 14.9 Å². The second kappa shape index (κ2) is 3.94. The van der Waals surface area contributed by atoms with Crippen molar-refractivity contribution >= 4 is 0 Å². The highest BCUT2D eigenvalue weighted by Gasteiger charge is 2.27. The van der Waals surface area contributed by atoms with Crippen molar-refractivity contribution in [1.29, 1.82) is 0 Å². The number of furan rings is 1. The van der Waals surface area contributed by atoms with Gasteiger partial charge in [0.05, 0.1) is 18.3 Å². The zero-order valence-electron chi connectivity index (χ0n) is 7.61. The number of hydrogen-bond donors (Lipinski definition) is 1. The van der Waals surface area contributed by atoms with Crippen LogP contribution < -0.4 is 5.73 Å². The van der Waals surface area contributed by atoms with Crippen molar-refractivity contribution in [3.8, 4) is 0 Å². The quantitative estimate of drug-likeness (QED) is 0.768. The number of nitrogens with two attached hydrogens (primary N) is 1. The Hall–Kier alpha value is -0.800. The Balaban J connectivity index is 2.08. The van der Waals surface area contributed by atoms with E-state index < -0.39 is 0 Å². The fourth-order valence-electron chi connectivity index (χ4n) is 1.87. The maximum absolute atomic E-state index is 5.70. The Bertz CT molecular complexity index is 239. The third-order valence-electron chi connectivity index (χ3n) is 2.58. The first-order valence-corrected chi connectivity index (χ1v) is 4.77. The fourth-order valence-corrected chi connectivity index (χ4v) is 1.87. The van der Waals surface area contributed by atoms with Crippen LogP contribution in [0.15, 0.2) is 22.8 Å². The van der Waals surface area contributed by atoms with Gasteiger partial charge in [0.1, 0.15) is 5.76 Å². The molecule has 0 bridgehead atoms. The van der Waals surface area contributed by atoms with Gasteiger partial charge in [0.2, 0.25) is 0 Å². The summed E-state index contributed by atoms with van der Waals surface area (Å²) in [5.41, 5.74) is 5.70. The van der Waals surface area contributed by atoms with Gasteiger partial charge in [-0.2, -0.15) is 0 Å². The molecule has 2 N–H and O–H groups in total. The Morgan fingerprint density at radius 2 is 2.54 bits per heavy atom. The molecule has 13 heavy (non-hydrogen) atoms.